The molecule has 0 saturated heterocycles. The minimum Gasteiger partial charge on any atom is -0.354 e. The fourth-order valence-electron chi connectivity index (χ4n) is 1.51. The van der Waals surface area contributed by atoms with Gasteiger partial charge >= 0.3 is 0 Å². The van der Waals surface area contributed by atoms with E-state index in [9.17, 15) is 4.79 Å². The molecule has 0 aliphatic heterocycles. The number of carbonyl (C=O) groups is 1. The van der Waals surface area contributed by atoms with E-state index in [4.69, 9.17) is 5.73 Å². The Bertz CT molecular complexity index is 217. The van der Waals surface area contributed by atoms with Crippen LogP contribution in [0.15, 0.2) is 0 Å². The molecule has 0 radical (unpaired) electrons. The van der Waals surface area contributed by atoms with Gasteiger partial charge in [-0.2, -0.15) is 11.8 Å². The monoisotopic (exact) mass is 246 g/mol. The number of nitrogens with two attached hydrogens (primary N) is 1. The predicted molar refractivity (Wildman–Crippen MR) is 72.7 cm³/mol. The third kappa shape index (κ3) is 3.98. The number of nitrogens with one attached hydrogen (secondary N) is 1. The average Bonchev–Trinajstić information content (AvgIpc) is 2.29. The van der Waals surface area contributed by atoms with Crippen molar-refractivity contribution in [2.75, 3.05) is 19.3 Å². The van der Waals surface area contributed by atoms with Gasteiger partial charge in [0.05, 0.1) is 5.41 Å². The van der Waals surface area contributed by atoms with Crippen LogP contribution in [0.25, 0.3) is 0 Å². The molecule has 3 N–H and O–H groups in total. The Balaban J connectivity index is 4.44. The average molecular weight is 246 g/mol. The summed E-state index contributed by atoms with van der Waals surface area (Å²) in [6.07, 6.45) is 3.65. The summed E-state index contributed by atoms with van der Waals surface area (Å²) in [5, 5.41) is 3.03. The molecule has 0 fully saturated rings. The second kappa shape index (κ2) is 6.50. The van der Waals surface area contributed by atoms with Crippen LogP contribution in [0.4, 0.5) is 0 Å². The fraction of sp³-hybridized carbons (Fsp3) is 0.917. The first-order valence-corrected chi connectivity index (χ1v) is 7.13. The van der Waals surface area contributed by atoms with E-state index in [0.29, 0.717) is 13.1 Å². The van der Waals surface area contributed by atoms with Crippen molar-refractivity contribution in [2.45, 2.75) is 45.3 Å². The Morgan fingerprint density at radius 1 is 1.31 bits per heavy atom. The van der Waals surface area contributed by atoms with Gasteiger partial charge in [0.25, 0.3) is 0 Å². The summed E-state index contributed by atoms with van der Waals surface area (Å²) in [6, 6.07) is 0. The molecule has 0 heterocycles. The Hall–Kier alpha value is -0.220. The standard InChI is InChI=1S/C12H26N2OS/c1-6-12(7-2,8-13)10(15)14-9-11(3,4)16-5/h6-9,13H2,1-5H3,(H,14,15). The van der Waals surface area contributed by atoms with E-state index in [1.165, 1.54) is 0 Å². The maximum Gasteiger partial charge on any atom is 0.227 e. The van der Waals surface area contributed by atoms with E-state index >= 15 is 0 Å². The molecule has 0 aliphatic rings. The van der Waals surface area contributed by atoms with Gasteiger partial charge in [-0.1, -0.05) is 13.8 Å². The van der Waals surface area contributed by atoms with E-state index in [1.807, 2.05) is 13.8 Å². The first kappa shape index (κ1) is 15.8. The number of amides is 1. The van der Waals surface area contributed by atoms with E-state index in [2.05, 4.69) is 25.4 Å². The third-order valence-electron chi connectivity index (χ3n) is 3.45. The van der Waals surface area contributed by atoms with Crippen LogP contribution in [0, 0.1) is 5.41 Å². The second-order valence-corrected chi connectivity index (χ2v) is 6.35. The Morgan fingerprint density at radius 3 is 2.12 bits per heavy atom. The molecule has 1 amide bonds. The lowest BCUT2D eigenvalue weighted by atomic mass is 9.81. The van der Waals surface area contributed by atoms with Crippen molar-refractivity contribution in [1.82, 2.24) is 5.32 Å². The summed E-state index contributed by atoms with van der Waals surface area (Å²) in [4.78, 5) is 12.1. The van der Waals surface area contributed by atoms with Gasteiger partial charge in [0.2, 0.25) is 5.91 Å². The first-order valence-electron chi connectivity index (χ1n) is 5.91. The lowest BCUT2D eigenvalue weighted by Crippen LogP contribution is -2.48. The van der Waals surface area contributed by atoms with Crippen LogP contribution in [-0.2, 0) is 4.79 Å². The van der Waals surface area contributed by atoms with E-state index in [0.717, 1.165) is 12.8 Å². The topological polar surface area (TPSA) is 55.1 Å². The van der Waals surface area contributed by atoms with Gasteiger partial charge in [-0.3, -0.25) is 4.79 Å². The van der Waals surface area contributed by atoms with Gasteiger partial charge in [0.1, 0.15) is 0 Å². The minimum absolute atomic E-state index is 0.0808. The van der Waals surface area contributed by atoms with E-state index in [-0.39, 0.29) is 16.1 Å². The van der Waals surface area contributed by atoms with Gasteiger partial charge in [-0.05, 0) is 32.9 Å². The Kier molecular flexibility index (Phi) is 6.41. The van der Waals surface area contributed by atoms with Crippen LogP contribution < -0.4 is 11.1 Å². The molecule has 0 rings (SSSR count). The fourth-order valence-corrected chi connectivity index (χ4v) is 1.72. The maximum atomic E-state index is 12.1. The van der Waals surface area contributed by atoms with Crippen LogP contribution >= 0.6 is 11.8 Å². The zero-order valence-corrected chi connectivity index (χ0v) is 12.0. The number of hydrogen-bond donors (Lipinski definition) is 2. The third-order valence-corrected chi connectivity index (χ3v) is 4.70. The van der Waals surface area contributed by atoms with Crippen LogP contribution in [0.1, 0.15) is 40.5 Å². The zero-order valence-electron chi connectivity index (χ0n) is 11.2. The molecule has 0 aromatic carbocycles. The van der Waals surface area contributed by atoms with Gasteiger partial charge in [-0.25, -0.2) is 0 Å². The van der Waals surface area contributed by atoms with Crippen LogP contribution in [0.5, 0.6) is 0 Å². The molecule has 0 aromatic rings. The van der Waals surface area contributed by atoms with Crippen LogP contribution in [0.3, 0.4) is 0 Å². The van der Waals surface area contributed by atoms with Crippen molar-refractivity contribution >= 4 is 17.7 Å². The highest BCUT2D eigenvalue weighted by molar-refractivity contribution is 7.99. The maximum absolute atomic E-state index is 12.1. The summed E-state index contributed by atoms with van der Waals surface area (Å²) in [5.74, 6) is 0.0992. The number of hydrogen-bond acceptors (Lipinski definition) is 3. The number of carbonyl (C=O) groups excluding carboxylic acids is 1. The molecule has 0 aromatic heterocycles. The van der Waals surface area contributed by atoms with Gasteiger partial charge in [-0.15, -0.1) is 0 Å². The molecule has 0 aliphatic carbocycles. The molecule has 0 bridgehead atoms. The summed E-state index contributed by atoms with van der Waals surface area (Å²) < 4.78 is 0.0808. The molecule has 96 valence electrons. The normalized spacial score (nSPS) is 12.6. The lowest BCUT2D eigenvalue weighted by molar-refractivity contribution is -0.131. The van der Waals surface area contributed by atoms with Crippen molar-refractivity contribution in [3.8, 4) is 0 Å². The van der Waals surface area contributed by atoms with Crippen molar-refractivity contribution in [2.24, 2.45) is 11.1 Å². The summed E-state index contributed by atoms with van der Waals surface area (Å²) in [7, 11) is 0. The minimum atomic E-state index is -0.380. The summed E-state index contributed by atoms with van der Waals surface area (Å²) in [5.41, 5.74) is 5.36. The molecule has 0 spiro atoms. The smallest absolute Gasteiger partial charge is 0.227 e. The molecule has 4 heteroatoms. The molecular weight excluding hydrogens is 220 g/mol. The van der Waals surface area contributed by atoms with Crippen molar-refractivity contribution < 1.29 is 4.79 Å². The SMILES string of the molecule is CCC(CC)(CN)C(=O)NCC(C)(C)SC. The van der Waals surface area contributed by atoms with Crippen molar-refractivity contribution in [3.05, 3.63) is 0 Å². The predicted octanol–water partition coefficient (Wildman–Crippen LogP) is 2.01. The summed E-state index contributed by atoms with van der Waals surface area (Å²) >= 11 is 1.76. The summed E-state index contributed by atoms with van der Waals surface area (Å²) in [6.45, 7) is 9.41. The Labute approximate surface area is 104 Å². The molecule has 0 saturated carbocycles. The second-order valence-electron chi connectivity index (χ2n) is 4.84. The largest absolute Gasteiger partial charge is 0.354 e. The first-order chi connectivity index (χ1) is 7.37. The number of rotatable bonds is 7. The molecule has 0 atom stereocenters. The molecule has 3 nitrogen and oxygen atoms in total. The van der Waals surface area contributed by atoms with E-state index < -0.39 is 0 Å². The number of thioether (sulfide) groups is 1. The van der Waals surface area contributed by atoms with Gasteiger partial charge in [0.15, 0.2) is 0 Å². The highest BCUT2D eigenvalue weighted by atomic mass is 32.2. The highest BCUT2D eigenvalue weighted by Gasteiger charge is 2.33. The van der Waals surface area contributed by atoms with Crippen molar-refractivity contribution in [1.29, 1.82) is 0 Å². The van der Waals surface area contributed by atoms with Crippen molar-refractivity contribution in [3.63, 3.8) is 0 Å². The van der Waals surface area contributed by atoms with Gasteiger partial charge in [0, 0.05) is 17.8 Å². The quantitative estimate of drug-likeness (QED) is 0.722. The molecular formula is C12H26N2OS. The Morgan fingerprint density at radius 2 is 1.81 bits per heavy atom. The molecule has 0 unspecified atom stereocenters. The van der Waals surface area contributed by atoms with Gasteiger partial charge < -0.3 is 11.1 Å². The molecule has 16 heavy (non-hydrogen) atoms. The highest BCUT2D eigenvalue weighted by Crippen LogP contribution is 2.26. The van der Waals surface area contributed by atoms with Crippen LogP contribution in [0.2, 0.25) is 0 Å². The van der Waals surface area contributed by atoms with Crippen LogP contribution in [-0.4, -0.2) is 30.0 Å². The zero-order chi connectivity index (χ0) is 12.8. The lowest BCUT2D eigenvalue weighted by Gasteiger charge is -2.31. The van der Waals surface area contributed by atoms with E-state index in [1.54, 1.807) is 11.8 Å².